The first-order valence-electron chi connectivity index (χ1n) is 5.57. The summed E-state index contributed by atoms with van der Waals surface area (Å²) in [5.74, 6) is -0.270. The van der Waals surface area contributed by atoms with E-state index in [0.717, 1.165) is 10.9 Å². The van der Waals surface area contributed by atoms with Crippen molar-refractivity contribution < 1.29 is 14.6 Å². The highest BCUT2D eigenvalue weighted by Crippen LogP contribution is 2.20. The lowest BCUT2D eigenvalue weighted by molar-refractivity contribution is -0.144. The van der Waals surface area contributed by atoms with Crippen LogP contribution in [-0.4, -0.2) is 22.7 Å². The molecule has 1 rings (SSSR count). The van der Waals surface area contributed by atoms with Gasteiger partial charge in [0, 0.05) is 23.3 Å². The zero-order chi connectivity index (χ0) is 12.7. The number of pyridine rings is 1. The molecule has 0 radical (unpaired) electrons. The Hall–Kier alpha value is -0.940. The molecule has 1 unspecified atom stereocenters. The number of carbonyl (C=O) groups excluding carboxylic acids is 1. The Morgan fingerprint density at radius 3 is 3.00 bits per heavy atom. The summed E-state index contributed by atoms with van der Waals surface area (Å²) >= 11 is 3.28. The lowest BCUT2D eigenvalue weighted by Crippen LogP contribution is -2.08. The van der Waals surface area contributed by atoms with Gasteiger partial charge in [-0.25, -0.2) is 0 Å². The smallest absolute Gasteiger partial charge is 0.305 e. The lowest BCUT2D eigenvalue weighted by Gasteiger charge is -2.10. The second-order valence-corrected chi connectivity index (χ2v) is 4.63. The number of carbonyl (C=O) groups is 1. The van der Waals surface area contributed by atoms with Crippen molar-refractivity contribution in [2.45, 2.75) is 32.3 Å². The number of esters is 1. The van der Waals surface area contributed by atoms with E-state index < -0.39 is 6.10 Å². The minimum Gasteiger partial charge on any atom is -0.466 e. The Bertz CT molecular complexity index is 371. The molecule has 0 saturated carbocycles. The van der Waals surface area contributed by atoms with E-state index in [1.165, 1.54) is 0 Å². The zero-order valence-corrected chi connectivity index (χ0v) is 11.3. The van der Waals surface area contributed by atoms with Crippen LogP contribution in [-0.2, 0) is 9.53 Å². The van der Waals surface area contributed by atoms with Crippen LogP contribution in [0.15, 0.2) is 22.9 Å². The van der Waals surface area contributed by atoms with Crippen LogP contribution in [0.4, 0.5) is 0 Å². The number of aliphatic hydroxyl groups is 1. The van der Waals surface area contributed by atoms with Crippen LogP contribution in [0.1, 0.15) is 37.9 Å². The van der Waals surface area contributed by atoms with Crippen LogP contribution in [0.25, 0.3) is 0 Å². The van der Waals surface area contributed by atoms with Crippen LogP contribution in [0.5, 0.6) is 0 Å². The van der Waals surface area contributed by atoms with Gasteiger partial charge in [0.15, 0.2) is 0 Å². The number of hydrogen-bond donors (Lipinski definition) is 1. The first-order chi connectivity index (χ1) is 8.13. The molecule has 0 aliphatic heterocycles. The molecule has 0 saturated heterocycles. The molecule has 0 amide bonds. The Morgan fingerprint density at radius 1 is 1.59 bits per heavy atom. The molecule has 1 heterocycles. The number of nitrogens with zero attached hydrogens (tertiary/aromatic N) is 1. The molecule has 0 aliphatic carbocycles. The maximum atomic E-state index is 11.2. The third kappa shape index (κ3) is 5.28. The lowest BCUT2D eigenvalue weighted by atomic mass is 10.1. The molecular formula is C12H16BrNO3. The van der Waals surface area contributed by atoms with E-state index in [0.29, 0.717) is 18.6 Å². The van der Waals surface area contributed by atoms with Gasteiger partial charge in [0.25, 0.3) is 0 Å². The number of aromatic nitrogens is 1. The quantitative estimate of drug-likeness (QED) is 0.821. The summed E-state index contributed by atoms with van der Waals surface area (Å²) in [5.41, 5.74) is 0.697. The fourth-order valence-corrected chi connectivity index (χ4v) is 1.70. The van der Waals surface area contributed by atoms with Gasteiger partial charge < -0.3 is 9.84 Å². The minimum absolute atomic E-state index is 0.216. The van der Waals surface area contributed by atoms with E-state index in [4.69, 9.17) is 4.74 Å². The number of ether oxygens (including phenoxy) is 1. The highest BCUT2D eigenvalue weighted by Gasteiger charge is 2.11. The van der Waals surface area contributed by atoms with E-state index in [9.17, 15) is 9.90 Å². The van der Waals surface area contributed by atoms with E-state index in [1.807, 2.05) is 6.92 Å². The maximum Gasteiger partial charge on any atom is 0.305 e. The van der Waals surface area contributed by atoms with Crippen molar-refractivity contribution in [2.24, 2.45) is 0 Å². The predicted octanol–water partition coefficient (Wildman–Crippen LogP) is 2.61. The van der Waals surface area contributed by atoms with Gasteiger partial charge in [0.05, 0.1) is 12.7 Å². The molecule has 4 nitrogen and oxygen atoms in total. The standard InChI is InChI=1S/C12H16BrNO3/c1-2-5-17-12(16)4-3-11(15)9-6-10(13)8-14-7-9/h6-8,11,15H,2-5H2,1H3. The predicted molar refractivity (Wildman–Crippen MR) is 67.4 cm³/mol. The molecule has 1 atom stereocenters. The fraction of sp³-hybridized carbons (Fsp3) is 0.500. The molecular weight excluding hydrogens is 286 g/mol. The SMILES string of the molecule is CCCOC(=O)CCC(O)c1cncc(Br)c1. The van der Waals surface area contributed by atoms with Gasteiger partial charge in [-0.3, -0.25) is 9.78 Å². The van der Waals surface area contributed by atoms with Crippen molar-refractivity contribution in [1.29, 1.82) is 0 Å². The van der Waals surface area contributed by atoms with E-state index in [-0.39, 0.29) is 12.4 Å². The van der Waals surface area contributed by atoms with Gasteiger partial charge in [0.1, 0.15) is 0 Å². The van der Waals surface area contributed by atoms with Crippen molar-refractivity contribution in [3.63, 3.8) is 0 Å². The largest absolute Gasteiger partial charge is 0.466 e. The average molecular weight is 302 g/mol. The number of halogens is 1. The normalized spacial score (nSPS) is 12.2. The Kier molecular flexibility index (Phi) is 6.15. The molecule has 0 aromatic carbocycles. The molecule has 0 aliphatic rings. The summed E-state index contributed by atoms with van der Waals surface area (Å²) in [6.45, 7) is 2.38. The van der Waals surface area contributed by atoms with Crippen molar-refractivity contribution in [3.8, 4) is 0 Å². The number of hydrogen-bond acceptors (Lipinski definition) is 4. The summed E-state index contributed by atoms with van der Waals surface area (Å²) in [4.78, 5) is 15.2. The number of aliphatic hydroxyl groups excluding tert-OH is 1. The Balaban J connectivity index is 2.39. The van der Waals surface area contributed by atoms with Crippen LogP contribution in [0.2, 0.25) is 0 Å². The molecule has 94 valence electrons. The highest BCUT2D eigenvalue weighted by molar-refractivity contribution is 9.10. The van der Waals surface area contributed by atoms with Crippen molar-refractivity contribution >= 4 is 21.9 Å². The molecule has 1 N–H and O–H groups in total. The Morgan fingerprint density at radius 2 is 2.35 bits per heavy atom. The van der Waals surface area contributed by atoms with Gasteiger partial charge in [-0.05, 0) is 40.4 Å². The topological polar surface area (TPSA) is 59.4 Å². The third-order valence-corrected chi connectivity index (χ3v) is 2.63. The van der Waals surface area contributed by atoms with Crippen LogP contribution >= 0.6 is 15.9 Å². The number of rotatable bonds is 6. The van der Waals surface area contributed by atoms with Gasteiger partial charge in [-0.15, -0.1) is 0 Å². The van der Waals surface area contributed by atoms with E-state index >= 15 is 0 Å². The minimum atomic E-state index is -0.686. The maximum absolute atomic E-state index is 11.2. The van der Waals surface area contributed by atoms with E-state index in [1.54, 1.807) is 18.5 Å². The monoisotopic (exact) mass is 301 g/mol. The second-order valence-electron chi connectivity index (χ2n) is 3.71. The summed E-state index contributed by atoms with van der Waals surface area (Å²) in [7, 11) is 0. The second kappa shape index (κ2) is 7.40. The van der Waals surface area contributed by atoms with Gasteiger partial charge in [-0.2, -0.15) is 0 Å². The van der Waals surface area contributed by atoms with Crippen molar-refractivity contribution in [1.82, 2.24) is 4.98 Å². The van der Waals surface area contributed by atoms with Crippen molar-refractivity contribution in [3.05, 3.63) is 28.5 Å². The molecule has 1 aromatic heterocycles. The highest BCUT2D eigenvalue weighted by atomic mass is 79.9. The van der Waals surface area contributed by atoms with Crippen LogP contribution in [0, 0.1) is 0 Å². The third-order valence-electron chi connectivity index (χ3n) is 2.20. The Labute approximate surface area is 109 Å². The van der Waals surface area contributed by atoms with Gasteiger partial charge >= 0.3 is 5.97 Å². The van der Waals surface area contributed by atoms with Gasteiger partial charge in [0.2, 0.25) is 0 Å². The molecule has 0 bridgehead atoms. The van der Waals surface area contributed by atoms with Crippen LogP contribution in [0.3, 0.4) is 0 Å². The summed E-state index contributed by atoms with van der Waals surface area (Å²) in [5, 5.41) is 9.85. The first-order valence-corrected chi connectivity index (χ1v) is 6.37. The molecule has 17 heavy (non-hydrogen) atoms. The first kappa shape index (κ1) is 14.1. The van der Waals surface area contributed by atoms with Crippen LogP contribution < -0.4 is 0 Å². The molecule has 0 fully saturated rings. The van der Waals surface area contributed by atoms with E-state index in [2.05, 4.69) is 20.9 Å². The summed E-state index contributed by atoms with van der Waals surface area (Å²) in [6, 6.07) is 1.79. The zero-order valence-electron chi connectivity index (χ0n) is 9.73. The average Bonchev–Trinajstić information content (AvgIpc) is 2.33. The summed E-state index contributed by atoms with van der Waals surface area (Å²) in [6.07, 6.45) is 3.92. The molecule has 5 heteroatoms. The fourth-order valence-electron chi connectivity index (χ4n) is 1.32. The molecule has 1 aromatic rings. The molecule has 0 spiro atoms. The van der Waals surface area contributed by atoms with Crippen molar-refractivity contribution in [2.75, 3.05) is 6.61 Å². The summed E-state index contributed by atoms with van der Waals surface area (Å²) < 4.78 is 5.73. The van der Waals surface area contributed by atoms with Gasteiger partial charge in [-0.1, -0.05) is 6.92 Å².